The summed E-state index contributed by atoms with van der Waals surface area (Å²) < 4.78 is 0. The van der Waals surface area contributed by atoms with E-state index in [0.717, 1.165) is 10.9 Å². The molecule has 3 aromatic rings. The van der Waals surface area contributed by atoms with Crippen LogP contribution in [0.1, 0.15) is 20.8 Å². The number of piperazine rings is 1. The largest absolute Gasteiger partial charge is 0.336 e. The first-order valence-electron chi connectivity index (χ1n) is 9.55. The predicted molar refractivity (Wildman–Crippen MR) is 109 cm³/mol. The average Bonchev–Trinajstić information content (AvgIpc) is 2.79. The van der Waals surface area contributed by atoms with Gasteiger partial charge in [0.05, 0.1) is 11.6 Å². The van der Waals surface area contributed by atoms with Crippen LogP contribution >= 0.6 is 0 Å². The van der Waals surface area contributed by atoms with Gasteiger partial charge in [-0.2, -0.15) is 5.26 Å². The third-order valence-electron chi connectivity index (χ3n) is 5.21. The molecule has 1 amide bonds. The maximum atomic E-state index is 12.9. The van der Waals surface area contributed by atoms with Gasteiger partial charge in [-0.05, 0) is 24.3 Å². The normalized spacial score (nSPS) is 15.6. The molecule has 6 heteroatoms. The second-order valence-electron chi connectivity index (χ2n) is 6.98. The minimum atomic E-state index is -0.905. The standard InChI is InChI=1S/C23H20N4O2/c24-16-21(22(28)20-11-10-17-6-4-5-9-19(17)25-20)26-12-14-27(15-13-26)23(29)18-7-2-1-3-8-18/h1-11,21H,12-15H2. The Kier molecular flexibility index (Phi) is 5.32. The van der Waals surface area contributed by atoms with Gasteiger partial charge in [0.1, 0.15) is 5.69 Å². The summed E-state index contributed by atoms with van der Waals surface area (Å²) in [6.45, 7) is 1.89. The number of ketones is 1. The second-order valence-corrected chi connectivity index (χ2v) is 6.98. The van der Waals surface area contributed by atoms with Crippen LogP contribution in [0.5, 0.6) is 0 Å². The Labute approximate surface area is 169 Å². The van der Waals surface area contributed by atoms with Crippen LogP contribution in [0.2, 0.25) is 0 Å². The van der Waals surface area contributed by atoms with Crippen LogP contribution in [0.4, 0.5) is 0 Å². The zero-order valence-electron chi connectivity index (χ0n) is 15.9. The van der Waals surface area contributed by atoms with E-state index in [9.17, 15) is 14.9 Å². The fourth-order valence-corrected chi connectivity index (χ4v) is 3.60. The number of benzene rings is 2. The van der Waals surface area contributed by atoms with Crippen molar-refractivity contribution in [3.8, 4) is 6.07 Å². The van der Waals surface area contributed by atoms with Crippen molar-refractivity contribution in [1.82, 2.24) is 14.8 Å². The summed E-state index contributed by atoms with van der Waals surface area (Å²) in [5, 5.41) is 10.6. The molecule has 0 aliphatic carbocycles. The summed E-state index contributed by atoms with van der Waals surface area (Å²) in [7, 11) is 0. The molecular formula is C23H20N4O2. The van der Waals surface area contributed by atoms with Crippen molar-refractivity contribution >= 4 is 22.6 Å². The third kappa shape index (κ3) is 3.86. The molecule has 1 unspecified atom stereocenters. The Morgan fingerprint density at radius 2 is 1.59 bits per heavy atom. The van der Waals surface area contributed by atoms with Gasteiger partial charge in [0.25, 0.3) is 5.91 Å². The van der Waals surface area contributed by atoms with E-state index in [2.05, 4.69) is 11.1 Å². The van der Waals surface area contributed by atoms with Gasteiger partial charge in [0, 0.05) is 37.1 Å². The number of rotatable bonds is 4. The summed E-state index contributed by atoms with van der Waals surface area (Å²) >= 11 is 0. The lowest BCUT2D eigenvalue weighted by atomic mass is 10.1. The molecule has 1 fully saturated rings. The zero-order valence-corrected chi connectivity index (χ0v) is 15.9. The number of carbonyl (C=O) groups excluding carboxylic acids is 2. The molecule has 1 aliphatic heterocycles. The van der Waals surface area contributed by atoms with E-state index in [4.69, 9.17) is 0 Å². The molecule has 1 atom stereocenters. The smallest absolute Gasteiger partial charge is 0.253 e. The summed E-state index contributed by atoms with van der Waals surface area (Å²) in [6, 6.07) is 21.4. The number of hydrogen-bond acceptors (Lipinski definition) is 5. The zero-order chi connectivity index (χ0) is 20.2. The van der Waals surface area contributed by atoms with E-state index in [0.29, 0.717) is 31.7 Å². The van der Waals surface area contributed by atoms with Crippen molar-refractivity contribution in [2.24, 2.45) is 0 Å². The lowest BCUT2D eigenvalue weighted by Gasteiger charge is -2.36. The van der Waals surface area contributed by atoms with Gasteiger partial charge in [-0.15, -0.1) is 0 Å². The molecular weight excluding hydrogens is 364 g/mol. The van der Waals surface area contributed by atoms with Crippen molar-refractivity contribution in [3.63, 3.8) is 0 Å². The van der Waals surface area contributed by atoms with Crippen LogP contribution in [0, 0.1) is 11.3 Å². The molecule has 2 aromatic carbocycles. The first kappa shape index (κ1) is 18.8. The monoisotopic (exact) mass is 384 g/mol. The number of nitriles is 1. The topological polar surface area (TPSA) is 77.3 Å². The van der Waals surface area contributed by atoms with Gasteiger partial charge in [0.2, 0.25) is 5.78 Å². The number of Topliss-reactive ketones (excluding diaryl/α,β-unsaturated/α-hetero) is 1. The number of aromatic nitrogens is 1. The number of nitrogens with zero attached hydrogens (tertiary/aromatic N) is 4. The number of fused-ring (bicyclic) bond motifs is 1. The first-order valence-corrected chi connectivity index (χ1v) is 9.55. The van der Waals surface area contributed by atoms with Gasteiger partial charge in [-0.25, -0.2) is 4.98 Å². The van der Waals surface area contributed by atoms with E-state index in [1.807, 2.05) is 53.4 Å². The number of amides is 1. The molecule has 6 nitrogen and oxygen atoms in total. The number of hydrogen-bond donors (Lipinski definition) is 0. The molecule has 0 radical (unpaired) electrons. The average molecular weight is 384 g/mol. The molecule has 1 aromatic heterocycles. The fourth-order valence-electron chi connectivity index (χ4n) is 3.60. The molecule has 0 saturated carbocycles. The third-order valence-corrected chi connectivity index (χ3v) is 5.21. The van der Waals surface area contributed by atoms with Crippen LogP contribution in [-0.2, 0) is 0 Å². The Morgan fingerprint density at radius 3 is 2.31 bits per heavy atom. The van der Waals surface area contributed by atoms with Crippen molar-refractivity contribution in [2.45, 2.75) is 6.04 Å². The lowest BCUT2D eigenvalue weighted by Crippen LogP contribution is -2.53. The van der Waals surface area contributed by atoms with E-state index in [1.165, 1.54) is 0 Å². The molecule has 29 heavy (non-hydrogen) atoms. The van der Waals surface area contributed by atoms with E-state index in [1.54, 1.807) is 23.1 Å². The first-order chi connectivity index (χ1) is 14.2. The highest BCUT2D eigenvalue weighted by atomic mass is 16.2. The number of pyridine rings is 1. The van der Waals surface area contributed by atoms with Crippen LogP contribution in [0.3, 0.4) is 0 Å². The van der Waals surface area contributed by atoms with Crippen LogP contribution in [0.25, 0.3) is 10.9 Å². The highest BCUT2D eigenvalue weighted by Crippen LogP contribution is 2.16. The van der Waals surface area contributed by atoms with Gasteiger partial charge in [-0.1, -0.05) is 42.5 Å². The Balaban J connectivity index is 1.45. The molecule has 0 N–H and O–H groups in total. The van der Waals surface area contributed by atoms with E-state index >= 15 is 0 Å². The molecule has 0 bridgehead atoms. The van der Waals surface area contributed by atoms with Crippen molar-refractivity contribution in [1.29, 1.82) is 5.26 Å². The van der Waals surface area contributed by atoms with Gasteiger partial charge < -0.3 is 4.90 Å². The summed E-state index contributed by atoms with van der Waals surface area (Å²) in [4.78, 5) is 33.6. The lowest BCUT2D eigenvalue weighted by molar-refractivity contribution is 0.0581. The summed E-state index contributed by atoms with van der Waals surface area (Å²) in [5.41, 5.74) is 1.67. The van der Waals surface area contributed by atoms with Crippen LogP contribution < -0.4 is 0 Å². The maximum Gasteiger partial charge on any atom is 0.253 e. The molecule has 2 heterocycles. The fraction of sp³-hybridized carbons (Fsp3) is 0.217. The summed E-state index contributed by atoms with van der Waals surface area (Å²) in [6.07, 6.45) is 0. The number of para-hydroxylation sites is 1. The van der Waals surface area contributed by atoms with Gasteiger partial charge >= 0.3 is 0 Å². The maximum absolute atomic E-state index is 12.9. The highest BCUT2D eigenvalue weighted by Gasteiger charge is 2.31. The second kappa shape index (κ2) is 8.21. The van der Waals surface area contributed by atoms with Crippen LogP contribution in [-0.4, -0.2) is 58.7 Å². The molecule has 0 spiro atoms. The minimum absolute atomic E-state index is 0.0266. The van der Waals surface area contributed by atoms with Gasteiger partial charge in [-0.3, -0.25) is 14.5 Å². The number of carbonyl (C=O) groups is 2. The molecule has 4 rings (SSSR count). The quantitative estimate of drug-likeness (QED) is 0.647. The van der Waals surface area contributed by atoms with Crippen molar-refractivity contribution < 1.29 is 9.59 Å². The van der Waals surface area contributed by atoms with Crippen molar-refractivity contribution in [3.05, 3.63) is 78.0 Å². The van der Waals surface area contributed by atoms with E-state index < -0.39 is 6.04 Å². The summed E-state index contributed by atoms with van der Waals surface area (Å²) in [5.74, 6) is -0.331. The molecule has 1 saturated heterocycles. The molecule has 1 aliphatic rings. The van der Waals surface area contributed by atoms with Crippen molar-refractivity contribution in [2.75, 3.05) is 26.2 Å². The minimum Gasteiger partial charge on any atom is -0.336 e. The SMILES string of the molecule is N#CC(C(=O)c1ccc2ccccc2n1)N1CCN(C(=O)c2ccccc2)CC1. The van der Waals surface area contributed by atoms with E-state index in [-0.39, 0.29) is 17.4 Å². The Bertz CT molecular complexity index is 1080. The highest BCUT2D eigenvalue weighted by molar-refractivity contribution is 6.01. The van der Waals surface area contributed by atoms with Gasteiger partial charge in [0.15, 0.2) is 6.04 Å². The van der Waals surface area contributed by atoms with Crippen LogP contribution in [0.15, 0.2) is 66.7 Å². The molecule has 144 valence electrons. The predicted octanol–water partition coefficient (Wildman–Crippen LogP) is 2.77. The Hall–Kier alpha value is -3.56. The Morgan fingerprint density at radius 1 is 0.897 bits per heavy atom.